The summed E-state index contributed by atoms with van der Waals surface area (Å²) in [5.74, 6) is -0.287. The van der Waals surface area contributed by atoms with Crippen molar-refractivity contribution in [2.75, 3.05) is 4.90 Å². The molecule has 0 unspecified atom stereocenters. The van der Waals surface area contributed by atoms with Gasteiger partial charge in [-0.3, -0.25) is 9.59 Å². The van der Waals surface area contributed by atoms with E-state index in [1.54, 1.807) is 18.2 Å². The summed E-state index contributed by atoms with van der Waals surface area (Å²) in [5, 5.41) is -0.276. The third-order valence-electron chi connectivity index (χ3n) is 4.21. The molecule has 4 nitrogen and oxygen atoms in total. The smallest absolute Gasteiger partial charge is 0.298 e. The summed E-state index contributed by atoms with van der Waals surface area (Å²) in [6, 6.07) is 22.9. The molecular formula is C21H16N2O2S. The van der Waals surface area contributed by atoms with Crippen molar-refractivity contribution in [1.82, 2.24) is 4.57 Å². The number of thioether (sulfide) groups is 1. The number of imide groups is 1. The molecule has 128 valence electrons. The predicted molar refractivity (Wildman–Crippen MR) is 105 cm³/mol. The van der Waals surface area contributed by atoms with Crippen molar-refractivity contribution in [2.24, 2.45) is 0 Å². The molecule has 0 atom stereocenters. The number of para-hydroxylation sites is 2. The quantitative estimate of drug-likeness (QED) is 0.616. The van der Waals surface area contributed by atoms with Gasteiger partial charge in [-0.1, -0.05) is 36.4 Å². The monoisotopic (exact) mass is 360 g/mol. The van der Waals surface area contributed by atoms with Crippen molar-refractivity contribution < 1.29 is 9.59 Å². The van der Waals surface area contributed by atoms with Crippen LogP contribution in [0, 0.1) is 6.92 Å². The summed E-state index contributed by atoms with van der Waals surface area (Å²) in [6.07, 6.45) is 1.79. The Kier molecular flexibility index (Phi) is 4.22. The number of rotatable bonds is 3. The van der Waals surface area contributed by atoms with Crippen molar-refractivity contribution in [3.63, 3.8) is 0 Å². The van der Waals surface area contributed by atoms with E-state index in [1.807, 2.05) is 67.6 Å². The normalized spacial score (nSPS) is 15.9. The van der Waals surface area contributed by atoms with Crippen molar-refractivity contribution in [1.29, 1.82) is 0 Å². The average Bonchev–Trinajstić information content (AvgIpc) is 3.16. The van der Waals surface area contributed by atoms with E-state index in [0.717, 1.165) is 28.8 Å². The lowest BCUT2D eigenvalue weighted by Gasteiger charge is -2.12. The highest BCUT2D eigenvalue weighted by atomic mass is 32.2. The molecule has 1 aliphatic rings. The number of hydrogen-bond acceptors (Lipinski definition) is 3. The van der Waals surface area contributed by atoms with Gasteiger partial charge in [0.1, 0.15) is 0 Å². The largest absolute Gasteiger partial charge is 0.314 e. The van der Waals surface area contributed by atoms with Gasteiger partial charge >= 0.3 is 0 Å². The van der Waals surface area contributed by atoms with E-state index in [0.29, 0.717) is 10.6 Å². The first-order chi connectivity index (χ1) is 12.6. The Labute approximate surface area is 155 Å². The summed E-state index contributed by atoms with van der Waals surface area (Å²) >= 11 is 0.970. The number of carbonyl (C=O) groups excluding carboxylic acids is 2. The second-order valence-electron chi connectivity index (χ2n) is 5.92. The van der Waals surface area contributed by atoms with E-state index in [9.17, 15) is 9.59 Å². The van der Waals surface area contributed by atoms with Crippen molar-refractivity contribution in [3.05, 3.63) is 89.1 Å². The van der Waals surface area contributed by atoms with Crippen LogP contribution in [0.5, 0.6) is 0 Å². The molecule has 0 N–H and O–H groups in total. The summed E-state index contributed by atoms with van der Waals surface area (Å²) in [5.41, 5.74) is 3.54. The average molecular weight is 360 g/mol. The highest BCUT2D eigenvalue weighted by Crippen LogP contribution is 2.36. The van der Waals surface area contributed by atoms with Crippen LogP contribution in [0.25, 0.3) is 11.8 Å². The number of anilines is 1. The van der Waals surface area contributed by atoms with E-state index in [1.165, 1.54) is 4.90 Å². The van der Waals surface area contributed by atoms with Crippen LogP contribution in [-0.4, -0.2) is 15.7 Å². The molecule has 5 heteroatoms. The highest BCUT2D eigenvalue weighted by molar-refractivity contribution is 8.19. The fourth-order valence-electron chi connectivity index (χ4n) is 3.00. The first-order valence-corrected chi connectivity index (χ1v) is 9.03. The van der Waals surface area contributed by atoms with Crippen molar-refractivity contribution >= 4 is 34.7 Å². The first-order valence-electron chi connectivity index (χ1n) is 8.22. The number of aryl methyl sites for hydroxylation is 1. The van der Waals surface area contributed by atoms with Crippen molar-refractivity contribution in [2.45, 2.75) is 6.92 Å². The molecule has 0 aliphatic carbocycles. The SMILES string of the molecule is Cc1ccc(/C=C2\SC(=O)N(c3ccccc3)C2=O)n1-c1ccccc1. The molecule has 1 aromatic heterocycles. The number of aromatic nitrogens is 1. The lowest BCUT2D eigenvalue weighted by atomic mass is 10.2. The maximum absolute atomic E-state index is 12.8. The topological polar surface area (TPSA) is 42.3 Å². The molecule has 1 aliphatic heterocycles. The molecule has 2 heterocycles. The third-order valence-corrected chi connectivity index (χ3v) is 5.08. The van der Waals surface area contributed by atoms with Crippen LogP contribution in [-0.2, 0) is 4.79 Å². The Hall–Kier alpha value is -3.05. The molecule has 1 saturated heterocycles. The number of hydrogen-bond donors (Lipinski definition) is 0. The second-order valence-corrected chi connectivity index (χ2v) is 6.92. The second kappa shape index (κ2) is 6.69. The summed E-state index contributed by atoms with van der Waals surface area (Å²) in [7, 11) is 0. The highest BCUT2D eigenvalue weighted by Gasteiger charge is 2.36. The molecule has 3 aromatic rings. The van der Waals surface area contributed by atoms with E-state index in [2.05, 4.69) is 4.57 Å². The maximum atomic E-state index is 12.8. The van der Waals surface area contributed by atoms with E-state index in [-0.39, 0.29) is 11.1 Å². The fourth-order valence-corrected chi connectivity index (χ4v) is 3.83. The molecule has 4 rings (SSSR count). The Morgan fingerprint density at radius 3 is 2.08 bits per heavy atom. The molecule has 2 amide bonds. The minimum Gasteiger partial charge on any atom is -0.314 e. The molecule has 2 aromatic carbocycles. The fraction of sp³-hybridized carbons (Fsp3) is 0.0476. The van der Waals surface area contributed by atoms with E-state index < -0.39 is 0 Å². The molecule has 1 fully saturated rings. The van der Waals surface area contributed by atoms with E-state index in [4.69, 9.17) is 0 Å². The van der Waals surface area contributed by atoms with Crippen molar-refractivity contribution in [3.8, 4) is 5.69 Å². The Balaban J connectivity index is 1.73. The number of benzene rings is 2. The molecule has 0 bridgehead atoms. The van der Waals surface area contributed by atoms with Gasteiger partial charge in [-0.25, -0.2) is 4.90 Å². The zero-order valence-corrected chi connectivity index (χ0v) is 14.9. The van der Waals surface area contributed by atoms with Gasteiger partial charge < -0.3 is 4.57 Å². The molecule has 0 spiro atoms. The predicted octanol–water partition coefficient (Wildman–Crippen LogP) is 5.03. The lowest BCUT2D eigenvalue weighted by molar-refractivity contribution is -0.113. The molecule has 0 saturated carbocycles. The summed E-state index contributed by atoms with van der Waals surface area (Å²) in [6.45, 7) is 2.01. The van der Waals surface area contributed by atoms with Gasteiger partial charge in [-0.05, 0) is 61.2 Å². The Morgan fingerprint density at radius 1 is 0.808 bits per heavy atom. The molecule has 0 radical (unpaired) electrons. The summed E-state index contributed by atoms with van der Waals surface area (Å²) in [4.78, 5) is 26.8. The lowest BCUT2D eigenvalue weighted by Crippen LogP contribution is -2.27. The van der Waals surface area contributed by atoms with Gasteiger partial charge in [0.15, 0.2) is 0 Å². The van der Waals surface area contributed by atoms with Gasteiger partial charge in [0.05, 0.1) is 10.6 Å². The van der Waals surface area contributed by atoms with Crippen LogP contribution in [0.1, 0.15) is 11.4 Å². The zero-order valence-electron chi connectivity index (χ0n) is 14.1. The first kappa shape index (κ1) is 16.4. The van der Waals surface area contributed by atoms with Gasteiger partial charge in [-0.15, -0.1) is 0 Å². The minimum atomic E-state index is -0.287. The molecule has 26 heavy (non-hydrogen) atoms. The van der Waals surface area contributed by atoms with Crippen LogP contribution in [0.4, 0.5) is 10.5 Å². The zero-order chi connectivity index (χ0) is 18.1. The van der Waals surface area contributed by atoms with Crippen LogP contribution in [0.3, 0.4) is 0 Å². The van der Waals surface area contributed by atoms with Crippen LogP contribution in [0.2, 0.25) is 0 Å². The van der Waals surface area contributed by atoms with E-state index >= 15 is 0 Å². The van der Waals surface area contributed by atoms with Crippen LogP contribution < -0.4 is 4.90 Å². The van der Waals surface area contributed by atoms with Crippen LogP contribution >= 0.6 is 11.8 Å². The standard InChI is InChI=1S/C21H16N2O2S/c1-15-12-13-18(22(15)16-8-4-2-5-9-16)14-19-20(24)23(21(25)26-19)17-10-6-3-7-11-17/h2-14H,1H3/b19-14-. The molecular weight excluding hydrogens is 344 g/mol. The minimum absolute atomic E-state index is 0.276. The summed E-state index contributed by atoms with van der Waals surface area (Å²) < 4.78 is 2.07. The van der Waals surface area contributed by atoms with Gasteiger partial charge in [0, 0.05) is 17.1 Å². The third kappa shape index (κ3) is 2.86. The van der Waals surface area contributed by atoms with Gasteiger partial charge in [0.25, 0.3) is 11.1 Å². The van der Waals surface area contributed by atoms with Crippen LogP contribution in [0.15, 0.2) is 77.7 Å². The van der Waals surface area contributed by atoms with Gasteiger partial charge in [0.2, 0.25) is 0 Å². The van der Waals surface area contributed by atoms with Gasteiger partial charge in [-0.2, -0.15) is 0 Å². The number of amides is 2. The Morgan fingerprint density at radius 2 is 1.42 bits per heavy atom. The maximum Gasteiger partial charge on any atom is 0.298 e. The Bertz CT molecular complexity index is 1010. The number of nitrogens with zero attached hydrogens (tertiary/aromatic N) is 2. The number of carbonyl (C=O) groups is 2.